The van der Waals surface area contributed by atoms with Crippen LogP contribution in [-0.2, 0) is 16.0 Å². The maximum atomic E-state index is 13.5. The topological polar surface area (TPSA) is 26.3 Å². The summed E-state index contributed by atoms with van der Waals surface area (Å²) in [5.41, 5.74) is 0.360. The summed E-state index contributed by atoms with van der Waals surface area (Å²) < 4.78 is 18.6. The molecule has 0 saturated heterocycles. The minimum Gasteiger partial charge on any atom is -0.382 e. The van der Waals surface area contributed by atoms with Gasteiger partial charge in [0.2, 0.25) is 0 Å². The fourth-order valence-corrected chi connectivity index (χ4v) is 1.70. The van der Waals surface area contributed by atoms with Gasteiger partial charge in [0.05, 0.1) is 5.02 Å². The van der Waals surface area contributed by atoms with Gasteiger partial charge in [-0.15, -0.1) is 0 Å². The first-order valence-corrected chi connectivity index (χ1v) is 6.05. The Hall–Kier alpha value is -0.930. The molecule has 1 rings (SSSR count). The molecule has 1 aromatic rings. The molecule has 0 aromatic heterocycles. The van der Waals surface area contributed by atoms with Crippen LogP contribution in [0.5, 0.6) is 0 Å². The molecule has 0 bridgehead atoms. The molecule has 0 radical (unpaired) electrons. The number of rotatable bonds is 7. The van der Waals surface area contributed by atoms with Crippen molar-refractivity contribution < 1.29 is 13.9 Å². The molecule has 1 aromatic carbocycles. The molecule has 0 amide bonds. The summed E-state index contributed by atoms with van der Waals surface area (Å²) in [7, 11) is 0. The number of Topliss-reactive ketones (excluding diaryl/α,β-unsaturated/α-hetero) is 1. The quantitative estimate of drug-likeness (QED) is 0.701. The van der Waals surface area contributed by atoms with Crippen LogP contribution in [0.3, 0.4) is 0 Å². The van der Waals surface area contributed by atoms with Crippen molar-refractivity contribution in [2.24, 2.45) is 0 Å². The molecule has 0 fully saturated rings. The lowest BCUT2D eigenvalue weighted by Crippen LogP contribution is -2.06. The summed E-state index contributed by atoms with van der Waals surface area (Å²) in [6.45, 7) is 3.13. The number of halogens is 2. The van der Waals surface area contributed by atoms with Crippen molar-refractivity contribution >= 4 is 17.4 Å². The Morgan fingerprint density at radius 3 is 2.94 bits per heavy atom. The lowest BCUT2D eigenvalue weighted by molar-refractivity contribution is -0.118. The molecule has 0 aliphatic carbocycles. The molecular weight excluding hydrogens is 243 g/mol. The van der Waals surface area contributed by atoms with Gasteiger partial charge in [-0.1, -0.05) is 23.7 Å². The van der Waals surface area contributed by atoms with Gasteiger partial charge in [0.1, 0.15) is 11.6 Å². The van der Waals surface area contributed by atoms with E-state index in [-0.39, 0.29) is 17.2 Å². The Morgan fingerprint density at radius 1 is 1.47 bits per heavy atom. The second-order valence-corrected chi connectivity index (χ2v) is 4.14. The second-order valence-electron chi connectivity index (χ2n) is 3.73. The van der Waals surface area contributed by atoms with Crippen LogP contribution in [0.2, 0.25) is 5.02 Å². The van der Waals surface area contributed by atoms with Gasteiger partial charge in [-0.3, -0.25) is 4.79 Å². The Labute approximate surface area is 106 Å². The van der Waals surface area contributed by atoms with E-state index in [1.54, 1.807) is 12.1 Å². The molecule has 0 aliphatic heterocycles. The third kappa shape index (κ3) is 4.84. The Bertz CT molecular complexity index is 380. The number of carbonyl (C=O) groups is 1. The van der Waals surface area contributed by atoms with Crippen LogP contribution >= 0.6 is 11.6 Å². The summed E-state index contributed by atoms with van der Waals surface area (Å²) in [5.74, 6) is -0.488. The summed E-state index contributed by atoms with van der Waals surface area (Å²) in [5, 5.41) is 0.0598. The van der Waals surface area contributed by atoms with Crippen LogP contribution in [0.15, 0.2) is 18.2 Å². The third-order valence-electron chi connectivity index (χ3n) is 2.37. The molecule has 0 aliphatic rings. The fraction of sp³-hybridized carbons (Fsp3) is 0.462. The van der Waals surface area contributed by atoms with E-state index < -0.39 is 5.82 Å². The molecule has 0 spiro atoms. The summed E-state index contributed by atoms with van der Waals surface area (Å²) in [4.78, 5) is 11.6. The Balaban J connectivity index is 2.43. The van der Waals surface area contributed by atoms with E-state index >= 15 is 0 Å². The number of carbonyl (C=O) groups excluding carboxylic acids is 1. The number of benzene rings is 1. The first kappa shape index (κ1) is 14.1. The highest BCUT2D eigenvalue weighted by atomic mass is 35.5. The van der Waals surface area contributed by atoms with Crippen molar-refractivity contribution in [3.05, 3.63) is 34.6 Å². The Kier molecular flexibility index (Phi) is 6.16. The molecule has 94 valence electrons. The van der Waals surface area contributed by atoms with Gasteiger partial charge in [-0.25, -0.2) is 4.39 Å². The predicted molar refractivity (Wildman–Crippen MR) is 65.8 cm³/mol. The monoisotopic (exact) mass is 258 g/mol. The van der Waals surface area contributed by atoms with E-state index in [9.17, 15) is 9.18 Å². The van der Waals surface area contributed by atoms with Gasteiger partial charge < -0.3 is 4.74 Å². The molecule has 0 atom stereocenters. The van der Waals surface area contributed by atoms with Gasteiger partial charge in [0, 0.05) is 26.1 Å². The van der Waals surface area contributed by atoms with E-state index in [2.05, 4.69) is 0 Å². The number of hydrogen-bond donors (Lipinski definition) is 0. The summed E-state index contributed by atoms with van der Waals surface area (Å²) in [6, 6.07) is 4.70. The summed E-state index contributed by atoms with van der Waals surface area (Å²) in [6.07, 6.45) is 1.18. The SMILES string of the molecule is CCOCCCC(=O)Cc1cccc(Cl)c1F. The minimum absolute atomic E-state index is 0.00543. The van der Waals surface area contributed by atoms with Gasteiger partial charge >= 0.3 is 0 Å². The van der Waals surface area contributed by atoms with E-state index in [1.807, 2.05) is 6.92 Å². The molecular formula is C13H16ClFO2. The van der Waals surface area contributed by atoms with Crippen molar-refractivity contribution in [3.8, 4) is 0 Å². The smallest absolute Gasteiger partial charge is 0.145 e. The average Bonchev–Trinajstić information content (AvgIpc) is 2.31. The lowest BCUT2D eigenvalue weighted by atomic mass is 10.1. The Morgan fingerprint density at radius 2 is 2.24 bits per heavy atom. The number of ketones is 1. The average molecular weight is 259 g/mol. The van der Waals surface area contributed by atoms with Crippen LogP contribution in [0.1, 0.15) is 25.3 Å². The molecule has 0 heterocycles. The second kappa shape index (κ2) is 7.41. The number of ether oxygens (including phenoxy) is 1. The molecule has 17 heavy (non-hydrogen) atoms. The zero-order valence-corrected chi connectivity index (χ0v) is 10.6. The molecule has 4 heteroatoms. The van der Waals surface area contributed by atoms with E-state index in [1.165, 1.54) is 6.07 Å². The van der Waals surface area contributed by atoms with Gasteiger partial charge in [-0.2, -0.15) is 0 Å². The van der Waals surface area contributed by atoms with Crippen LogP contribution in [0.25, 0.3) is 0 Å². The standard InChI is InChI=1S/C13H16ClFO2/c1-2-17-8-4-6-11(16)9-10-5-3-7-12(14)13(10)15/h3,5,7H,2,4,6,8-9H2,1H3. The summed E-state index contributed by atoms with van der Waals surface area (Å²) >= 11 is 5.64. The van der Waals surface area contributed by atoms with Crippen LogP contribution in [0.4, 0.5) is 4.39 Å². The fourth-order valence-electron chi connectivity index (χ4n) is 1.50. The van der Waals surface area contributed by atoms with E-state index in [4.69, 9.17) is 16.3 Å². The molecule has 2 nitrogen and oxygen atoms in total. The van der Waals surface area contributed by atoms with Crippen LogP contribution < -0.4 is 0 Å². The van der Waals surface area contributed by atoms with E-state index in [0.717, 1.165) is 0 Å². The van der Waals surface area contributed by atoms with E-state index in [0.29, 0.717) is 31.6 Å². The highest BCUT2D eigenvalue weighted by Gasteiger charge is 2.10. The molecule has 0 N–H and O–H groups in total. The van der Waals surface area contributed by atoms with Crippen molar-refractivity contribution in [1.82, 2.24) is 0 Å². The van der Waals surface area contributed by atoms with Crippen LogP contribution in [0, 0.1) is 5.82 Å². The highest BCUT2D eigenvalue weighted by Crippen LogP contribution is 2.18. The lowest BCUT2D eigenvalue weighted by Gasteiger charge is -2.04. The first-order chi connectivity index (χ1) is 8.15. The first-order valence-electron chi connectivity index (χ1n) is 5.67. The van der Waals surface area contributed by atoms with Crippen molar-refractivity contribution in [1.29, 1.82) is 0 Å². The number of hydrogen-bond acceptors (Lipinski definition) is 2. The molecule has 0 saturated carbocycles. The van der Waals surface area contributed by atoms with Crippen molar-refractivity contribution in [2.45, 2.75) is 26.2 Å². The minimum atomic E-state index is -0.493. The maximum absolute atomic E-state index is 13.5. The third-order valence-corrected chi connectivity index (χ3v) is 2.66. The maximum Gasteiger partial charge on any atom is 0.145 e. The van der Waals surface area contributed by atoms with Crippen LogP contribution in [-0.4, -0.2) is 19.0 Å². The molecule has 0 unspecified atom stereocenters. The highest BCUT2D eigenvalue weighted by molar-refractivity contribution is 6.30. The zero-order chi connectivity index (χ0) is 12.7. The van der Waals surface area contributed by atoms with Crippen molar-refractivity contribution in [3.63, 3.8) is 0 Å². The predicted octanol–water partition coefficient (Wildman–Crippen LogP) is 3.41. The van der Waals surface area contributed by atoms with Gasteiger partial charge in [0.15, 0.2) is 0 Å². The largest absolute Gasteiger partial charge is 0.382 e. The van der Waals surface area contributed by atoms with Gasteiger partial charge in [0.25, 0.3) is 0 Å². The normalized spacial score (nSPS) is 10.5. The van der Waals surface area contributed by atoms with Crippen molar-refractivity contribution in [2.75, 3.05) is 13.2 Å². The van der Waals surface area contributed by atoms with Gasteiger partial charge in [-0.05, 0) is 25.0 Å². The zero-order valence-electron chi connectivity index (χ0n) is 9.84.